The topological polar surface area (TPSA) is 108 Å². The molecule has 0 fully saturated rings. The van der Waals surface area contributed by atoms with Crippen LogP contribution in [0.4, 0.5) is 5.95 Å². The van der Waals surface area contributed by atoms with Crippen LogP contribution in [-0.4, -0.2) is 44.6 Å². The van der Waals surface area contributed by atoms with Gasteiger partial charge < -0.3 is 9.47 Å². The van der Waals surface area contributed by atoms with Crippen LogP contribution in [0.25, 0.3) is 11.2 Å². The van der Waals surface area contributed by atoms with Crippen LogP contribution in [0.2, 0.25) is 10.4 Å². The number of imidazole rings is 1. The Labute approximate surface area is 140 Å². The molecule has 1 amide bonds. The molecule has 0 atom stereocenters. The summed E-state index contributed by atoms with van der Waals surface area (Å²) in [5, 5.41) is 2.59. The normalized spacial score (nSPS) is 10.8. The number of hydrogen-bond acceptors (Lipinski definition) is 7. The lowest BCUT2D eigenvalue weighted by molar-refractivity contribution is -0.142. The molecule has 1 N–H and O–H groups in total. The number of halogens is 2. The Hall–Kier alpha value is -1.97. The Morgan fingerprint density at radius 3 is 2.57 bits per heavy atom. The van der Waals surface area contributed by atoms with E-state index in [2.05, 4.69) is 20.3 Å². The van der Waals surface area contributed by atoms with Crippen molar-refractivity contribution in [1.29, 1.82) is 0 Å². The number of nitrogens with one attached hydrogen (secondary N) is 1. The van der Waals surface area contributed by atoms with Crippen molar-refractivity contribution in [2.24, 2.45) is 0 Å². The fourth-order valence-electron chi connectivity index (χ4n) is 1.67. The predicted molar refractivity (Wildman–Crippen MR) is 82.2 cm³/mol. The smallest absolute Gasteiger partial charge is 0.302 e. The number of fused-ring (bicyclic) bond motifs is 1. The van der Waals surface area contributed by atoms with E-state index in [1.54, 1.807) is 0 Å². The number of carbonyl (C=O) groups is 2. The molecule has 0 radical (unpaired) electrons. The molecule has 2 aromatic rings. The van der Waals surface area contributed by atoms with Crippen LogP contribution in [0, 0.1) is 0 Å². The van der Waals surface area contributed by atoms with Crippen LogP contribution in [-0.2, 0) is 25.8 Å². The quantitative estimate of drug-likeness (QED) is 0.360. The highest BCUT2D eigenvalue weighted by molar-refractivity contribution is 6.34. The fraction of sp³-hybridized carbons (Fsp3) is 0.417. The van der Waals surface area contributed by atoms with E-state index in [1.165, 1.54) is 18.4 Å². The largest absolute Gasteiger partial charge is 0.463 e. The van der Waals surface area contributed by atoms with Crippen molar-refractivity contribution in [3.05, 3.63) is 10.4 Å². The molecule has 0 spiro atoms. The number of rotatable bonds is 6. The number of nitrogens with zero attached hydrogens (tertiary/aromatic N) is 4. The summed E-state index contributed by atoms with van der Waals surface area (Å²) >= 11 is 12.0. The SMILES string of the molecule is CC(=O)Nc1nc(Cl)c2nc(Cl)n(COCCOC(C)=O)c2n1. The lowest BCUT2D eigenvalue weighted by atomic mass is 10.5. The second-order valence-electron chi connectivity index (χ2n) is 4.38. The first-order chi connectivity index (χ1) is 10.9. The maximum atomic E-state index is 11.1. The third-order valence-electron chi connectivity index (χ3n) is 2.55. The van der Waals surface area contributed by atoms with Gasteiger partial charge in [-0.05, 0) is 11.6 Å². The van der Waals surface area contributed by atoms with Crippen molar-refractivity contribution in [3.63, 3.8) is 0 Å². The summed E-state index contributed by atoms with van der Waals surface area (Å²) in [7, 11) is 0. The molecule has 23 heavy (non-hydrogen) atoms. The van der Waals surface area contributed by atoms with Crippen LogP contribution in [0.5, 0.6) is 0 Å². The van der Waals surface area contributed by atoms with Gasteiger partial charge in [0.05, 0.1) is 6.61 Å². The molecular formula is C12H13Cl2N5O4. The van der Waals surface area contributed by atoms with Crippen molar-refractivity contribution in [3.8, 4) is 0 Å². The second-order valence-corrected chi connectivity index (χ2v) is 5.07. The molecule has 0 unspecified atom stereocenters. The van der Waals surface area contributed by atoms with Crippen molar-refractivity contribution in [2.45, 2.75) is 20.6 Å². The Morgan fingerprint density at radius 1 is 1.17 bits per heavy atom. The molecular weight excluding hydrogens is 349 g/mol. The van der Waals surface area contributed by atoms with Gasteiger partial charge in [-0.2, -0.15) is 9.97 Å². The van der Waals surface area contributed by atoms with Gasteiger partial charge in [0.1, 0.15) is 18.9 Å². The zero-order valence-electron chi connectivity index (χ0n) is 12.3. The molecule has 11 heteroatoms. The number of aromatic nitrogens is 4. The van der Waals surface area contributed by atoms with Crippen LogP contribution in [0.1, 0.15) is 13.8 Å². The molecule has 0 saturated heterocycles. The first-order valence-corrected chi connectivity index (χ1v) is 7.22. The summed E-state index contributed by atoms with van der Waals surface area (Å²) in [6.45, 7) is 2.94. The predicted octanol–water partition coefficient (Wildman–Crippen LogP) is 1.63. The zero-order chi connectivity index (χ0) is 17.0. The van der Waals surface area contributed by atoms with E-state index in [0.717, 1.165) is 0 Å². The van der Waals surface area contributed by atoms with Crippen molar-refractivity contribution < 1.29 is 19.1 Å². The molecule has 0 bridgehead atoms. The third-order valence-corrected chi connectivity index (χ3v) is 3.10. The molecule has 2 aromatic heterocycles. The Morgan fingerprint density at radius 2 is 1.91 bits per heavy atom. The number of amides is 1. The van der Waals surface area contributed by atoms with E-state index in [-0.39, 0.29) is 53.7 Å². The second kappa shape index (κ2) is 7.53. The average Bonchev–Trinajstić information content (AvgIpc) is 2.75. The maximum Gasteiger partial charge on any atom is 0.302 e. The molecule has 0 aliphatic rings. The summed E-state index contributed by atoms with van der Waals surface area (Å²) in [5.74, 6) is -0.692. The van der Waals surface area contributed by atoms with E-state index in [1.807, 2.05) is 0 Å². The van der Waals surface area contributed by atoms with Gasteiger partial charge in [-0.3, -0.25) is 19.5 Å². The van der Waals surface area contributed by atoms with E-state index < -0.39 is 0 Å². The number of ether oxygens (including phenoxy) is 2. The average molecular weight is 362 g/mol. The summed E-state index contributed by atoms with van der Waals surface area (Å²) < 4.78 is 11.5. The number of carbonyl (C=O) groups excluding carboxylic acids is 2. The number of hydrogen-bond donors (Lipinski definition) is 1. The number of anilines is 1. The molecule has 0 saturated carbocycles. The van der Waals surface area contributed by atoms with Gasteiger partial charge in [0, 0.05) is 13.8 Å². The van der Waals surface area contributed by atoms with Crippen molar-refractivity contribution in [1.82, 2.24) is 19.5 Å². The van der Waals surface area contributed by atoms with Gasteiger partial charge in [0.25, 0.3) is 0 Å². The summed E-state index contributed by atoms with van der Waals surface area (Å²) in [5.41, 5.74) is 0.598. The standard InChI is InChI=1S/C12H13Cl2N5O4/c1-6(20)15-12-17-9(13)8-10(18-12)19(11(14)16-8)5-22-3-4-23-7(2)21/h3-5H2,1-2H3,(H,15,17,18,20). The molecule has 2 rings (SSSR count). The first kappa shape index (κ1) is 17.4. The Balaban J connectivity index is 2.18. The molecule has 0 aliphatic carbocycles. The summed E-state index contributed by atoms with van der Waals surface area (Å²) in [6.07, 6.45) is 0. The van der Waals surface area contributed by atoms with Crippen LogP contribution in [0.3, 0.4) is 0 Å². The minimum Gasteiger partial charge on any atom is -0.463 e. The molecule has 124 valence electrons. The first-order valence-electron chi connectivity index (χ1n) is 6.46. The maximum absolute atomic E-state index is 11.1. The van der Waals surface area contributed by atoms with Gasteiger partial charge in [-0.25, -0.2) is 4.98 Å². The van der Waals surface area contributed by atoms with Crippen LogP contribution < -0.4 is 5.32 Å². The lowest BCUT2D eigenvalue weighted by Gasteiger charge is -2.08. The van der Waals surface area contributed by atoms with Gasteiger partial charge in [-0.15, -0.1) is 0 Å². The summed E-state index contributed by atoms with van der Waals surface area (Å²) in [6, 6.07) is 0. The van der Waals surface area contributed by atoms with Gasteiger partial charge in [-0.1, -0.05) is 11.6 Å². The van der Waals surface area contributed by atoms with Crippen molar-refractivity contribution >= 4 is 52.2 Å². The van der Waals surface area contributed by atoms with Crippen LogP contribution >= 0.6 is 23.2 Å². The molecule has 0 aromatic carbocycles. The highest BCUT2D eigenvalue weighted by atomic mass is 35.5. The van der Waals surface area contributed by atoms with Crippen molar-refractivity contribution in [2.75, 3.05) is 18.5 Å². The highest BCUT2D eigenvalue weighted by Crippen LogP contribution is 2.25. The highest BCUT2D eigenvalue weighted by Gasteiger charge is 2.16. The van der Waals surface area contributed by atoms with Crippen LogP contribution in [0.15, 0.2) is 0 Å². The van der Waals surface area contributed by atoms with Gasteiger partial charge >= 0.3 is 5.97 Å². The van der Waals surface area contributed by atoms with E-state index in [9.17, 15) is 9.59 Å². The third kappa shape index (κ3) is 4.50. The van der Waals surface area contributed by atoms with Gasteiger partial charge in [0.15, 0.2) is 10.8 Å². The minimum atomic E-state index is -0.390. The Bertz CT molecular complexity index is 749. The molecule has 0 aliphatic heterocycles. The summed E-state index contributed by atoms with van der Waals surface area (Å²) in [4.78, 5) is 33.9. The van der Waals surface area contributed by atoms with E-state index >= 15 is 0 Å². The van der Waals surface area contributed by atoms with Gasteiger partial charge in [0.2, 0.25) is 17.1 Å². The number of esters is 1. The lowest BCUT2D eigenvalue weighted by Crippen LogP contribution is -2.12. The minimum absolute atomic E-state index is 0.0173. The monoisotopic (exact) mass is 361 g/mol. The van der Waals surface area contributed by atoms with E-state index in [0.29, 0.717) is 5.65 Å². The molecule has 2 heterocycles. The Kier molecular flexibility index (Phi) is 5.69. The van der Waals surface area contributed by atoms with E-state index in [4.69, 9.17) is 32.7 Å². The zero-order valence-corrected chi connectivity index (χ0v) is 13.8. The fourth-order valence-corrected chi connectivity index (χ4v) is 2.09. The molecule has 9 nitrogen and oxygen atoms in total.